The lowest BCUT2D eigenvalue weighted by Crippen LogP contribution is -2.75. The van der Waals surface area contributed by atoms with Gasteiger partial charge in [-0.05, 0) is 48.2 Å². The van der Waals surface area contributed by atoms with Gasteiger partial charge in [0.15, 0.2) is 0 Å². The molecule has 2 aromatic carbocycles. The Labute approximate surface area is 176 Å². The molecular formula is C24H26N2O4. The molecular weight excluding hydrogens is 380 g/mol. The molecule has 1 saturated heterocycles. The number of carbonyl (C=O) groups is 2. The largest absolute Gasteiger partial charge is 0.496 e. The fourth-order valence-corrected chi connectivity index (χ4v) is 5.35. The molecule has 3 aliphatic rings. The Bertz CT molecular complexity index is 1040. The summed E-state index contributed by atoms with van der Waals surface area (Å²) >= 11 is 0. The van der Waals surface area contributed by atoms with Crippen LogP contribution >= 0.6 is 0 Å². The number of hydrogen-bond acceptors (Lipinski definition) is 4. The molecule has 2 aliphatic carbocycles. The molecule has 6 nitrogen and oxygen atoms in total. The SMILES string of the molecule is COc1ccc(OC)c2c1CC1(C2)NC(=O)C2(Cc3cc(C)c(C)cc3C2)NC1=O. The number of aryl methyl sites for hydroxylation is 2. The van der Waals surface area contributed by atoms with E-state index in [2.05, 4.69) is 36.6 Å². The number of methoxy groups -OCH3 is 2. The van der Waals surface area contributed by atoms with Crippen molar-refractivity contribution in [2.75, 3.05) is 14.2 Å². The first-order chi connectivity index (χ1) is 14.3. The molecule has 1 aliphatic heterocycles. The van der Waals surface area contributed by atoms with Gasteiger partial charge in [0.1, 0.15) is 22.6 Å². The molecule has 1 heterocycles. The number of hydrogen-bond donors (Lipinski definition) is 2. The van der Waals surface area contributed by atoms with Crippen LogP contribution in [0.4, 0.5) is 0 Å². The minimum absolute atomic E-state index is 0.112. The van der Waals surface area contributed by atoms with Crippen LogP contribution in [-0.2, 0) is 35.3 Å². The highest BCUT2D eigenvalue weighted by Gasteiger charge is 2.58. The van der Waals surface area contributed by atoms with Crippen LogP contribution in [0.3, 0.4) is 0 Å². The second-order valence-corrected chi connectivity index (χ2v) is 8.91. The van der Waals surface area contributed by atoms with Crippen LogP contribution in [0.25, 0.3) is 0 Å². The summed E-state index contributed by atoms with van der Waals surface area (Å²) in [5.74, 6) is 1.18. The zero-order valence-electron chi connectivity index (χ0n) is 17.8. The summed E-state index contributed by atoms with van der Waals surface area (Å²) in [5, 5.41) is 6.26. The highest BCUT2D eigenvalue weighted by atomic mass is 16.5. The first-order valence-electron chi connectivity index (χ1n) is 10.3. The third-order valence-electron chi connectivity index (χ3n) is 7.12. The van der Waals surface area contributed by atoms with Crippen molar-refractivity contribution in [2.45, 2.75) is 50.6 Å². The minimum atomic E-state index is -1.01. The second-order valence-electron chi connectivity index (χ2n) is 8.91. The number of fused-ring (bicyclic) bond motifs is 2. The van der Waals surface area contributed by atoms with Crippen LogP contribution < -0.4 is 20.1 Å². The van der Waals surface area contributed by atoms with E-state index in [0.717, 1.165) is 22.3 Å². The Morgan fingerprint density at radius 1 is 0.733 bits per heavy atom. The molecule has 6 heteroatoms. The van der Waals surface area contributed by atoms with Gasteiger partial charge in [-0.25, -0.2) is 0 Å². The lowest BCUT2D eigenvalue weighted by molar-refractivity contribution is -0.145. The average Bonchev–Trinajstić information content (AvgIpc) is 3.26. The van der Waals surface area contributed by atoms with Gasteiger partial charge in [0.25, 0.3) is 0 Å². The van der Waals surface area contributed by atoms with Gasteiger partial charge in [-0.1, -0.05) is 12.1 Å². The topological polar surface area (TPSA) is 76.7 Å². The smallest absolute Gasteiger partial charge is 0.247 e. The number of amides is 2. The summed E-state index contributed by atoms with van der Waals surface area (Å²) < 4.78 is 11.0. The second kappa shape index (κ2) is 6.24. The monoisotopic (exact) mass is 406 g/mol. The van der Waals surface area contributed by atoms with Crippen LogP contribution in [0.5, 0.6) is 11.5 Å². The Kier molecular flexibility index (Phi) is 3.95. The van der Waals surface area contributed by atoms with Crippen molar-refractivity contribution in [1.29, 1.82) is 0 Å². The first-order valence-corrected chi connectivity index (χ1v) is 10.3. The van der Waals surface area contributed by atoms with E-state index in [1.54, 1.807) is 14.2 Å². The van der Waals surface area contributed by atoms with Gasteiger partial charge in [-0.15, -0.1) is 0 Å². The zero-order valence-corrected chi connectivity index (χ0v) is 17.8. The van der Waals surface area contributed by atoms with Crippen molar-refractivity contribution < 1.29 is 19.1 Å². The molecule has 0 aromatic heterocycles. The summed E-state index contributed by atoms with van der Waals surface area (Å²) in [6, 6.07) is 7.98. The highest BCUT2D eigenvalue weighted by molar-refractivity contribution is 6.04. The molecule has 2 N–H and O–H groups in total. The van der Waals surface area contributed by atoms with Gasteiger partial charge in [0.05, 0.1) is 14.2 Å². The van der Waals surface area contributed by atoms with E-state index in [4.69, 9.17) is 9.47 Å². The molecule has 2 aromatic rings. The Hall–Kier alpha value is -3.02. The fourth-order valence-electron chi connectivity index (χ4n) is 5.35. The Morgan fingerprint density at radius 2 is 1.13 bits per heavy atom. The van der Waals surface area contributed by atoms with E-state index in [0.29, 0.717) is 37.2 Å². The molecule has 156 valence electrons. The molecule has 0 radical (unpaired) electrons. The summed E-state index contributed by atoms with van der Waals surface area (Å²) in [6.45, 7) is 4.15. The third kappa shape index (κ3) is 2.49. The Balaban J connectivity index is 1.47. The van der Waals surface area contributed by atoms with E-state index in [9.17, 15) is 9.59 Å². The van der Waals surface area contributed by atoms with Crippen molar-refractivity contribution in [2.24, 2.45) is 0 Å². The summed E-state index contributed by atoms with van der Waals surface area (Å²) in [6.07, 6.45) is 1.83. The normalized spacial score (nSPS) is 20.0. The van der Waals surface area contributed by atoms with Crippen LogP contribution in [0.15, 0.2) is 24.3 Å². The molecule has 0 bridgehead atoms. The van der Waals surface area contributed by atoms with Crippen LogP contribution in [-0.4, -0.2) is 37.1 Å². The molecule has 0 atom stereocenters. The number of benzene rings is 2. The molecule has 5 rings (SSSR count). The van der Waals surface area contributed by atoms with E-state index in [1.165, 1.54) is 11.1 Å². The van der Waals surface area contributed by atoms with Crippen molar-refractivity contribution >= 4 is 11.8 Å². The van der Waals surface area contributed by atoms with Crippen LogP contribution in [0.1, 0.15) is 33.4 Å². The van der Waals surface area contributed by atoms with Crippen molar-refractivity contribution in [3.8, 4) is 11.5 Å². The van der Waals surface area contributed by atoms with Gasteiger partial charge < -0.3 is 20.1 Å². The fraction of sp³-hybridized carbons (Fsp3) is 0.417. The lowest BCUT2D eigenvalue weighted by Gasteiger charge is -2.42. The van der Waals surface area contributed by atoms with Crippen LogP contribution in [0.2, 0.25) is 0 Å². The summed E-state index contributed by atoms with van der Waals surface area (Å²) in [4.78, 5) is 26.9. The van der Waals surface area contributed by atoms with E-state index < -0.39 is 11.1 Å². The summed E-state index contributed by atoms with van der Waals surface area (Å²) in [7, 11) is 3.22. The van der Waals surface area contributed by atoms with Crippen LogP contribution in [0, 0.1) is 13.8 Å². The molecule has 2 spiro atoms. The van der Waals surface area contributed by atoms with Crippen molar-refractivity contribution in [3.05, 3.63) is 57.6 Å². The Morgan fingerprint density at radius 3 is 1.53 bits per heavy atom. The van der Waals surface area contributed by atoms with E-state index >= 15 is 0 Å². The molecule has 2 amide bonds. The zero-order chi connectivity index (χ0) is 21.3. The maximum atomic E-state index is 13.5. The van der Waals surface area contributed by atoms with Gasteiger partial charge >= 0.3 is 0 Å². The number of carbonyl (C=O) groups excluding carboxylic acids is 2. The molecule has 30 heavy (non-hydrogen) atoms. The van der Waals surface area contributed by atoms with Gasteiger partial charge in [0.2, 0.25) is 11.8 Å². The highest BCUT2D eigenvalue weighted by Crippen LogP contribution is 2.44. The predicted molar refractivity (Wildman–Crippen MR) is 112 cm³/mol. The number of nitrogens with one attached hydrogen (secondary N) is 2. The van der Waals surface area contributed by atoms with Crippen molar-refractivity contribution in [3.63, 3.8) is 0 Å². The minimum Gasteiger partial charge on any atom is -0.496 e. The van der Waals surface area contributed by atoms with Gasteiger partial charge in [-0.2, -0.15) is 0 Å². The van der Waals surface area contributed by atoms with E-state index in [1.807, 2.05) is 12.1 Å². The summed E-state index contributed by atoms with van der Waals surface area (Å²) in [5.41, 5.74) is 4.62. The number of ether oxygens (including phenoxy) is 2. The van der Waals surface area contributed by atoms with Gasteiger partial charge in [0, 0.05) is 36.8 Å². The standard InChI is InChI=1S/C24H26N2O4/c1-13-7-15-9-23(10-16(15)8-14(13)2)21(27)26-24(22(28)25-23)11-17-18(12-24)20(30-4)6-5-19(17)29-3/h5-8H,9-12H2,1-4H3,(H,25,28)(H,26,27). The maximum absolute atomic E-state index is 13.5. The average molecular weight is 406 g/mol. The van der Waals surface area contributed by atoms with Gasteiger partial charge in [-0.3, -0.25) is 9.59 Å². The van der Waals surface area contributed by atoms with Crippen molar-refractivity contribution in [1.82, 2.24) is 10.6 Å². The predicted octanol–water partition coefficient (Wildman–Crippen LogP) is 1.94. The lowest BCUT2D eigenvalue weighted by atomic mass is 9.83. The molecule has 1 fully saturated rings. The quantitative estimate of drug-likeness (QED) is 0.799. The molecule has 0 saturated carbocycles. The molecule has 0 unspecified atom stereocenters. The van der Waals surface area contributed by atoms with E-state index in [-0.39, 0.29) is 11.8 Å². The number of rotatable bonds is 2. The third-order valence-corrected chi connectivity index (χ3v) is 7.12. The number of piperazine rings is 1. The first kappa shape index (κ1) is 19.0. The maximum Gasteiger partial charge on any atom is 0.247 e.